The molecule has 0 fully saturated rings. The number of guanidine groups is 1. The Morgan fingerprint density at radius 1 is 1.08 bits per heavy atom. The summed E-state index contributed by atoms with van der Waals surface area (Å²) in [6.45, 7) is 3.78. The van der Waals surface area contributed by atoms with Crippen molar-refractivity contribution in [3.05, 3.63) is 70.8 Å². The molecular weight excluding hydrogens is 451 g/mol. The van der Waals surface area contributed by atoms with Crippen molar-refractivity contribution in [1.82, 2.24) is 10.6 Å². The number of nitrogens with one attached hydrogen (secondary N) is 2. The monoisotopic (exact) mass is 475 g/mol. The minimum absolute atomic E-state index is 0. The fourth-order valence-corrected chi connectivity index (χ4v) is 2.35. The molecule has 0 aliphatic carbocycles. The van der Waals surface area contributed by atoms with Crippen LogP contribution in [0.25, 0.3) is 0 Å². The molecule has 0 radical (unpaired) electrons. The molecule has 0 heterocycles. The fourth-order valence-electron chi connectivity index (χ4n) is 2.35. The Morgan fingerprint density at radius 2 is 1.85 bits per heavy atom. The molecule has 0 aliphatic rings. The van der Waals surface area contributed by atoms with Gasteiger partial charge in [0, 0.05) is 25.8 Å². The normalized spacial score (nSPS) is 11.0. The number of hydrogen-bond acceptors (Lipinski definition) is 2. The van der Waals surface area contributed by atoms with Crippen LogP contribution in [0.2, 0.25) is 0 Å². The van der Waals surface area contributed by atoms with Gasteiger partial charge in [0.25, 0.3) is 0 Å². The van der Waals surface area contributed by atoms with Gasteiger partial charge in [-0.1, -0.05) is 24.3 Å². The zero-order valence-electron chi connectivity index (χ0n) is 14.9. The molecule has 142 valence electrons. The largest absolute Gasteiger partial charge is 0.380 e. The molecule has 0 saturated heterocycles. The Hall–Kier alpha value is -1.74. The Morgan fingerprint density at radius 3 is 2.58 bits per heavy atom. The summed E-state index contributed by atoms with van der Waals surface area (Å²) >= 11 is 0. The van der Waals surface area contributed by atoms with E-state index in [0.29, 0.717) is 25.7 Å². The van der Waals surface area contributed by atoms with Crippen LogP contribution >= 0.6 is 24.0 Å². The van der Waals surface area contributed by atoms with Crippen LogP contribution in [-0.4, -0.2) is 19.6 Å². The molecule has 0 unspecified atom stereocenters. The molecule has 2 N–H and O–H groups in total. The number of rotatable bonds is 7. The molecular formula is C19H24F2IN3O. The van der Waals surface area contributed by atoms with Crippen molar-refractivity contribution in [2.24, 2.45) is 4.99 Å². The molecule has 0 spiro atoms. The van der Waals surface area contributed by atoms with Crippen molar-refractivity contribution in [1.29, 1.82) is 0 Å². The highest BCUT2D eigenvalue weighted by atomic mass is 127. The van der Waals surface area contributed by atoms with Gasteiger partial charge in [0.2, 0.25) is 0 Å². The predicted octanol–water partition coefficient (Wildman–Crippen LogP) is 3.98. The maximum atomic E-state index is 13.7. The highest BCUT2D eigenvalue weighted by molar-refractivity contribution is 14.0. The Balaban J connectivity index is 0.00000338. The second-order valence-electron chi connectivity index (χ2n) is 5.54. The molecule has 0 aliphatic heterocycles. The first-order valence-electron chi connectivity index (χ1n) is 8.15. The van der Waals surface area contributed by atoms with Gasteiger partial charge in [0.1, 0.15) is 11.6 Å². The van der Waals surface area contributed by atoms with Crippen LogP contribution < -0.4 is 10.6 Å². The standard InChI is InChI=1S/C19H23F2N3O.HI/c1-3-22-19(24-12-16-10-17(20)7-8-18(16)21)23-11-14-5-4-6-15(9-14)13-25-2;/h4-10H,3,11-13H2,1-2H3,(H2,22,23,24);1H. The number of hydrogen-bond donors (Lipinski definition) is 2. The zero-order valence-corrected chi connectivity index (χ0v) is 17.2. The van der Waals surface area contributed by atoms with Gasteiger partial charge in [-0.15, -0.1) is 24.0 Å². The summed E-state index contributed by atoms with van der Waals surface area (Å²) in [6.07, 6.45) is 0. The summed E-state index contributed by atoms with van der Waals surface area (Å²) in [6, 6.07) is 11.4. The van der Waals surface area contributed by atoms with E-state index >= 15 is 0 Å². The number of methoxy groups -OCH3 is 1. The summed E-state index contributed by atoms with van der Waals surface area (Å²) < 4.78 is 32.1. The van der Waals surface area contributed by atoms with E-state index in [-0.39, 0.29) is 36.1 Å². The molecule has 0 bridgehead atoms. The molecule has 7 heteroatoms. The van der Waals surface area contributed by atoms with E-state index in [0.717, 1.165) is 23.3 Å². The molecule has 26 heavy (non-hydrogen) atoms. The van der Waals surface area contributed by atoms with Crippen LogP contribution in [0.5, 0.6) is 0 Å². The Bertz CT molecular complexity index is 726. The minimum atomic E-state index is -0.463. The zero-order chi connectivity index (χ0) is 18.1. The van der Waals surface area contributed by atoms with E-state index in [4.69, 9.17) is 4.74 Å². The Kier molecular flexibility index (Phi) is 10.1. The van der Waals surface area contributed by atoms with E-state index < -0.39 is 11.6 Å². The Labute approximate surface area is 170 Å². The topological polar surface area (TPSA) is 45.7 Å². The van der Waals surface area contributed by atoms with Crippen LogP contribution in [-0.2, 0) is 24.4 Å². The van der Waals surface area contributed by atoms with Gasteiger partial charge in [0.05, 0.1) is 13.2 Å². The molecule has 0 atom stereocenters. The van der Waals surface area contributed by atoms with Crippen molar-refractivity contribution < 1.29 is 13.5 Å². The molecule has 0 aromatic heterocycles. The number of aliphatic imine (C=N–C) groups is 1. The van der Waals surface area contributed by atoms with E-state index in [1.165, 1.54) is 6.07 Å². The lowest BCUT2D eigenvalue weighted by atomic mass is 10.1. The average Bonchev–Trinajstić information content (AvgIpc) is 2.61. The second kappa shape index (κ2) is 11.8. The van der Waals surface area contributed by atoms with E-state index in [1.54, 1.807) is 7.11 Å². The second-order valence-corrected chi connectivity index (χ2v) is 5.54. The van der Waals surface area contributed by atoms with Gasteiger partial charge in [-0.3, -0.25) is 0 Å². The van der Waals surface area contributed by atoms with E-state index in [1.807, 2.05) is 31.2 Å². The lowest BCUT2D eigenvalue weighted by Gasteiger charge is -2.12. The maximum absolute atomic E-state index is 13.7. The molecule has 2 rings (SSSR count). The van der Waals surface area contributed by atoms with Gasteiger partial charge < -0.3 is 15.4 Å². The molecule has 2 aromatic carbocycles. The number of nitrogens with zero attached hydrogens (tertiary/aromatic N) is 1. The van der Waals surface area contributed by atoms with E-state index in [2.05, 4.69) is 15.6 Å². The average molecular weight is 475 g/mol. The van der Waals surface area contributed by atoms with E-state index in [9.17, 15) is 8.78 Å². The SMILES string of the molecule is CCNC(=NCc1cccc(COC)c1)NCc1cc(F)ccc1F.I. The third-order valence-electron chi connectivity index (χ3n) is 3.52. The summed E-state index contributed by atoms with van der Waals surface area (Å²) in [7, 11) is 1.66. The summed E-state index contributed by atoms with van der Waals surface area (Å²) in [5.74, 6) is -0.365. The third kappa shape index (κ3) is 7.25. The van der Waals surface area contributed by atoms with Crippen molar-refractivity contribution >= 4 is 29.9 Å². The molecule has 0 saturated carbocycles. The van der Waals surface area contributed by atoms with Gasteiger partial charge in [0.15, 0.2) is 5.96 Å². The van der Waals surface area contributed by atoms with Crippen LogP contribution in [0.1, 0.15) is 23.6 Å². The first-order valence-corrected chi connectivity index (χ1v) is 8.15. The predicted molar refractivity (Wildman–Crippen MR) is 111 cm³/mol. The summed E-state index contributed by atoms with van der Waals surface area (Å²) in [5, 5.41) is 6.12. The number of benzene rings is 2. The van der Waals surface area contributed by atoms with Gasteiger partial charge in [-0.25, -0.2) is 13.8 Å². The van der Waals surface area contributed by atoms with Crippen molar-refractivity contribution in [3.8, 4) is 0 Å². The van der Waals surface area contributed by atoms with Crippen LogP contribution in [0.4, 0.5) is 8.78 Å². The number of halogens is 3. The van der Waals surface area contributed by atoms with Crippen LogP contribution in [0, 0.1) is 11.6 Å². The minimum Gasteiger partial charge on any atom is -0.380 e. The smallest absolute Gasteiger partial charge is 0.191 e. The van der Waals surface area contributed by atoms with Crippen molar-refractivity contribution in [2.75, 3.05) is 13.7 Å². The molecule has 2 aromatic rings. The van der Waals surface area contributed by atoms with Crippen molar-refractivity contribution in [3.63, 3.8) is 0 Å². The van der Waals surface area contributed by atoms with Crippen molar-refractivity contribution in [2.45, 2.75) is 26.6 Å². The lowest BCUT2D eigenvalue weighted by Crippen LogP contribution is -2.37. The third-order valence-corrected chi connectivity index (χ3v) is 3.52. The van der Waals surface area contributed by atoms with Gasteiger partial charge in [-0.2, -0.15) is 0 Å². The number of ether oxygens (including phenoxy) is 1. The highest BCUT2D eigenvalue weighted by Crippen LogP contribution is 2.10. The fraction of sp³-hybridized carbons (Fsp3) is 0.316. The first-order chi connectivity index (χ1) is 12.1. The maximum Gasteiger partial charge on any atom is 0.191 e. The highest BCUT2D eigenvalue weighted by Gasteiger charge is 2.05. The quantitative estimate of drug-likeness (QED) is 0.362. The first kappa shape index (κ1) is 22.3. The summed E-state index contributed by atoms with van der Waals surface area (Å²) in [5.41, 5.74) is 2.38. The van der Waals surface area contributed by atoms with Gasteiger partial charge in [-0.05, 0) is 36.2 Å². The molecule has 0 amide bonds. The lowest BCUT2D eigenvalue weighted by molar-refractivity contribution is 0.185. The van der Waals surface area contributed by atoms with Crippen LogP contribution in [0.3, 0.4) is 0 Å². The van der Waals surface area contributed by atoms with Gasteiger partial charge >= 0.3 is 0 Å². The molecule has 4 nitrogen and oxygen atoms in total. The summed E-state index contributed by atoms with van der Waals surface area (Å²) in [4.78, 5) is 4.49. The van der Waals surface area contributed by atoms with Crippen LogP contribution in [0.15, 0.2) is 47.5 Å².